The first-order valence-electron chi connectivity index (χ1n) is 7.66. The highest BCUT2D eigenvalue weighted by Gasteiger charge is 2.40. The van der Waals surface area contributed by atoms with Gasteiger partial charge in [0.25, 0.3) is 0 Å². The summed E-state index contributed by atoms with van der Waals surface area (Å²) in [5, 5.41) is 0.181. The normalized spacial score (nSPS) is 19.4. The van der Waals surface area contributed by atoms with Gasteiger partial charge in [0.05, 0.1) is 16.7 Å². The second kappa shape index (κ2) is 7.54. The molecule has 3 N–H and O–H groups in total. The second-order valence-electron chi connectivity index (χ2n) is 5.69. The van der Waals surface area contributed by atoms with E-state index in [1.807, 2.05) is 13.0 Å². The first-order chi connectivity index (χ1) is 10.1. The van der Waals surface area contributed by atoms with E-state index in [4.69, 9.17) is 22.2 Å². The average molecular weight is 315 g/mol. The van der Waals surface area contributed by atoms with Crippen LogP contribution in [0.15, 0.2) is 18.2 Å². The van der Waals surface area contributed by atoms with Crippen LogP contribution in [0, 0.1) is 5.82 Å². The van der Waals surface area contributed by atoms with E-state index in [1.165, 1.54) is 12.5 Å². The first kappa shape index (κ1) is 16.7. The quantitative estimate of drug-likeness (QED) is 0.623. The van der Waals surface area contributed by atoms with Crippen molar-refractivity contribution >= 4 is 11.6 Å². The van der Waals surface area contributed by atoms with Gasteiger partial charge in [0.2, 0.25) is 0 Å². The van der Waals surface area contributed by atoms with E-state index in [0.29, 0.717) is 13.0 Å². The fraction of sp³-hybridized carbons (Fsp3) is 0.625. The maximum Gasteiger partial charge on any atom is 0.142 e. The van der Waals surface area contributed by atoms with E-state index in [-0.39, 0.29) is 22.5 Å². The molecule has 1 saturated carbocycles. The Morgan fingerprint density at radius 2 is 2.10 bits per heavy atom. The topological polar surface area (TPSA) is 47.3 Å². The number of hydrogen-bond donors (Lipinski definition) is 2. The van der Waals surface area contributed by atoms with Gasteiger partial charge in [0, 0.05) is 6.61 Å². The van der Waals surface area contributed by atoms with Crippen molar-refractivity contribution in [3.8, 4) is 0 Å². The fourth-order valence-electron chi connectivity index (χ4n) is 3.35. The molecule has 0 heterocycles. The summed E-state index contributed by atoms with van der Waals surface area (Å²) in [5.74, 6) is 5.40. The number of nitrogens with one attached hydrogen (secondary N) is 1. The molecular formula is C16H24ClFN2O. The molecule has 1 atom stereocenters. The van der Waals surface area contributed by atoms with Crippen molar-refractivity contribution in [3.05, 3.63) is 34.6 Å². The van der Waals surface area contributed by atoms with Crippen LogP contribution in [0.1, 0.15) is 44.6 Å². The number of benzene rings is 1. The highest BCUT2D eigenvalue weighted by atomic mass is 35.5. The summed E-state index contributed by atoms with van der Waals surface area (Å²) in [5.41, 5.74) is 3.37. The summed E-state index contributed by atoms with van der Waals surface area (Å²) in [6.45, 7) is 2.65. The predicted octanol–water partition coefficient (Wildman–Crippen LogP) is 3.59. The molecule has 0 radical (unpaired) electrons. The summed E-state index contributed by atoms with van der Waals surface area (Å²) in [6.07, 6.45) is 6.01. The molecule has 1 aromatic carbocycles. The van der Waals surface area contributed by atoms with Crippen molar-refractivity contribution in [3.63, 3.8) is 0 Å². The molecule has 1 aromatic rings. The zero-order chi connectivity index (χ0) is 15.3. The summed E-state index contributed by atoms with van der Waals surface area (Å²) in [6, 6.07) is 4.82. The van der Waals surface area contributed by atoms with Crippen LogP contribution < -0.4 is 11.3 Å². The Labute approximate surface area is 131 Å². The zero-order valence-electron chi connectivity index (χ0n) is 12.5. The molecule has 0 aromatic heterocycles. The van der Waals surface area contributed by atoms with Gasteiger partial charge in [-0.3, -0.25) is 11.3 Å². The molecule has 3 nitrogen and oxygen atoms in total. The van der Waals surface area contributed by atoms with Crippen LogP contribution in [0.4, 0.5) is 4.39 Å². The lowest BCUT2D eigenvalue weighted by molar-refractivity contribution is -0.0898. The predicted molar refractivity (Wildman–Crippen MR) is 83.7 cm³/mol. The molecule has 0 spiro atoms. The molecule has 1 unspecified atom stereocenters. The van der Waals surface area contributed by atoms with Gasteiger partial charge in [0.1, 0.15) is 5.82 Å². The van der Waals surface area contributed by atoms with Crippen LogP contribution in [-0.4, -0.2) is 18.2 Å². The van der Waals surface area contributed by atoms with E-state index >= 15 is 0 Å². The molecule has 2 rings (SSSR count). The smallest absolute Gasteiger partial charge is 0.142 e. The van der Waals surface area contributed by atoms with Crippen LogP contribution in [0.5, 0.6) is 0 Å². The Hall–Kier alpha value is -0.680. The van der Waals surface area contributed by atoms with Crippen LogP contribution in [0.25, 0.3) is 0 Å². The number of hydrazine groups is 1. The monoisotopic (exact) mass is 314 g/mol. The molecule has 5 heteroatoms. The van der Waals surface area contributed by atoms with Crippen LogP contribution >= 0.6 is 11.6 Å². The van der Waals surface area contributed by atoms with Gasteiger partial charge in [-0.15, -0.1) is 0 Å². The van der Waals surface area contributed by atoms with Crippen molar-refractivity contribution in [2.45, 2.75) is 57.1 Å². The Balaban J connectivity index is 2.22. The minimum Gasteiger partial charge on any atom is -0.374 e. The summed E-state index contributed by atoms with van der Waals surface area (Å²) >= 11 is 6.07. The van der Waals surface area contributed by atoms with Crippen molar-refractivity contribution in [1.29, 1.82) is 0 Å². The molecule has 21 heavy (non-hydrogen) atoms. The Bertz CT molecular complexity index is 458. The summed E-state index contributed by atoms with van der Waals surface area (Å²) in [4.78, 5) is 0. The SMILES string of the molecule is CCOC1(C(Cc2cccc(F)c2Cl)NN)CCCCC1. The second-order valence-corrected chi connectivity index (χ2v) is 6.07. The van der Waals surface area contributed by atoms with Crippen LogP contribution in [0.2, 0.25) is 5.02 Å². The standard InChI is InChI=1S/C16H24ClFN2O/c1-2-21-16(9-4-3-5-10-16)14(20-19)11-12-7-6-8-13(18)15(12)17/h6-8,14,20H,2-5,9-11,19H2,1H3. The number of rotatable bonds is 6. The summed E-state index contributed by atoms with van der Waals surface area (Å²) < 4.78 is 19.7. The van der Waals surface area contributed by atoms with E-state index in [9.17, 15) is 4.39 Å². The van der Waals surface area contributed by atoms with E-state index in [1.54, 1.807) is 6.07 Å². The lowest BCUT2D eigenvalue weighted by Gasteiger charge is -2.43. The van der Waals surface area contributed by atoms with Gasteiger partial charge in [0.15, 0.2) is 0 Å². The lowest BCUT2D eigenvalue weighted by atomic mass is 9.77. The Morgan fingerprint density at radius 1 is 1.38 bits per heavy atom. The highest BCUT2D eigenvalue weighted by molar-refractivity contribution is 6.31. The van der Waals surface area contributed by atoms with Crippen molar-refractivity contribution in [2.75, 3.05) is 6.61 Å². The number of halogens is 2. The number of ether oxygens (including phenoxy) is 1. The van der Waals surface area contributed by atoms with Crippen LogP contribution in [0.3, 0.4) is 0 Å². The fourth-order valence-corrected chi connectivity index (χ4v) is 3.56. The molecule has 1 aliphatic carbocycles. The average Bonchev–Trinajstić information content (AvgIpc) is 2.50. The molecule has 0 aliphatic heterocycles. The largest absolute Gasteiger partial charge is 0.374 e. The minimum atomic E-state index is -0.390. The molecule has 1 aliphatic rings. The van der Waals surface area contributed by atoms with Crippen LogP contribution in [-0.2, 0) is 11.2 Å². The Morgan fingerprint density at radius 3 is 2.71 bits per heavy atom. The van der Waals surface area contributed by atoms with E-state index in [0.717, 1.165) is 31.2 Å². The molecule has 0 amide bonds. The van der Waals surface area contributed by atoms with Gasteiger partial charge < -0.3 is 4.74 Å². The maximum absolute atomic E-state index is 13.6. The summed E-state index contributed by atoms with van der Waals surface area (Å²) in [7, 11) is 0. The van der Waals surface area contributed by atoms with Crippen molar-refractivity contribution in [2.24, 2.45) is 5.84 Å². The third kappa shape index (κ3) is 3.75. The molecule has 0 saturated heterocycles. The maximum atomic E-state index is 13.6. The lowest BCUT2D eigenvalue weighted by Crippen LogP contribution is -2.57. The number of nitrogens with two attached hydrogens (primary N) is 1. The van der Waals surface area contributed by atoms with Crippen molar-refractivity contribution < 1.29 is 9.13 Å². The third-order valence-electron chi connectivity index (χ3n) is 4.42. The van der Waals surface area contributed by atoms with Crippen molar-refractivity contribution in [1.82, 2.24) is 5.43 Å². The van der Waals surface area contributed by atoms with Gasteiger partial charge in [-0.2, -0.15) is 0 Å². The number of hydrogen-bond acceptors (Lipinski definition) is 3. The molecule has 1 fully saturated rings. The van der Waals surface area contributed by atoms with Gasteiger partial charge >= 0.3 is 0 Å². The Kier molecular flexibility index (Phi) is 5.99. The highest BCUT2D eigenvalue weighted by Crippen LogP contribution is 2.36. The zero-order valence-corrected chi connectivity index (χ0v) is 13.3. The first-order valence-corrected chi connectivity index (χ1v) is 8.03. The third-order valence-corrected chi connectivity index (χ3v) is 4.85. The van der Waals surface area contributed by atoms with Gasteiger partial charge in [-0.05, 0) is 37.8 Å². The van der Waals surface area contributed by atoms with E-state index in [2.05, 4.69) is 5.43 Å². The molecule has 0 bridgehead atoms. The van der Waals surface area contributed by atoms with Gasteiger partial charge in [-0.1, -0.05) is 43.0 Å². The van der Waals surface area contributed by atoms with E-state index < -0.39 is 0 Å². The minimum absolute atomic E-state index is 0.0722. The van der Waals surface area contributed by atoms with Gasteiger partial charge in [-0.25, -0.2) is 4.39 Å². The molecular weight excluding hydrogens is 291 g/mol. The molecule has 118 valence electrons.